The minimum Gasteiger partial charge on any atom is -0.380 e. The van der Waals surface area contributed by atoms with Crippen LogP contribution >= 0.6 is 0 Å². The van der Waals surface area contributed by atoms with Crippen molar-refractivity contribution in [3.63, 3.8) is 0 Å². The monoisotopic (exact) mass is 191 g/mol. The van der Waals surface area contributed by atoms with E-state index in [4.69, 9.17) is 5.26 Å². The zero-order valence-corrected chi connectivity index (χ0v) is 7.55. The summed E-state index contributed by atoms with van der Waals surface area (Å²) < 4.78 is 12.9. The Bertz CT molecular complexity index is 379. The first-order valence-electron chi connectivity index (χ1n) is 4.46. The molecule has 1 aliphatic heterocycles. The number of nitrogens with zero attached hydrogens (tertiary/aromatic N) is 1. The molecule has 0 bridgehead atoms. The molecule has 4 heteroatoms. The fraction of sp³-hybridized carbons (Fsp3) is 0.300. The van der Waals surface area contributed by atoms with E-state index in [-0.39, 0.29) is 5.56 Å². The van der Waals surface area contributed by atoms with E-state index >= 15 is 0 Å². The van der Waals surface area contributed by atoms with Crippen LogP contribution in [0.1, 0.15) is 5.56 Å². The van der Waals surface area contributed by atoms with Crippen molar-refractivity contribution < 1.29 is 4.39 Å². The van der Waals surface area contributed by atoms with Crippen LogP contribution in [-0.4, -0.2) is 19.1 Å². The third-order valence-corrected chi connectivity index (χ3v) is 2.24. The smallest absolute Gasteiger partial charge is 0.141 e. The van der Waals surface area contributed by atoms with Crippen molar-refractivity contribution in [2.75, 3.05) is 18.4 Å². The van der Waals surface area contributed by atoms with Gasteiger partial charge < -0.3 is 10.6 Å². The number of halogens is 1. The number of anilines is 1. The third kappa shape index (κ3) is 1.68. The van der Waals surface area contributed by atoms with Crippen LogP contribution in [0.3, 0.4) is 0 Å². The second kappa shape index (κ2) is 3.64. The van der Waals surface area contributed by atoms with Crippen LogP contribution in [0.2, 0.25) is 0 Å². The van der Waals surface area contributed by atoms with E-state index in [0.29, 0.717) is 6.04 Å². The predicted octanol–water partition coefficient (Wildman–Crippen LogP) is 1.08. The van der Waals surface area contributed by atoms with E-state index in [2.05, 4.69) is 10.6 Å². The van der Waals surface area contributed by atoms with E-state index < -0.39 is 5.82 Å². The van der Waals surface area contributed by atoms with Gasteiger partial charge in [-0.25, -0.2) is 4.39 Å². The van der Waals surface area contributed by atoms with Gasteiger partial charge >= 0.3 is 0 Å². The molecule has 1 heterocycles. The lowest BCUT2D eigenvalue weighted by Gasteiger charge is -2.29. The molecule has 0 aliphatic carbocycles. The molecular formula is C10H10FN3. The van der Waals surface area contributed by atoms with Crippen molar-refractivity contribution in [3.05, 3.63) is 29.6 Å². The highest BCUT2D eigenvalue weighted by Crippen LogP contribution is 2.15. The van der Waals surface area contributed by atoms with Crippen molar-refractivity contribution in [2.24, 2.45) is 0 Å². The highest BCUT2D eigenvalue weighted by molar-refractivity contribution is 5.50. The van der Waals surface area contributed by atoms with Crippen LogP contribution in [0.5, 0.6) is 0 Å². The summed E-state index contributed by atoms with van der Waals surface area (Å²) in [6.07, 6.45) is 0. The zero-order chi connectivity index (χ0) is 9.97. The maximum absolute atomic E-state index is 12.9. The van der Waals surface area contributed by atoms with Crippen LogP contribution in [0, 0.1) is 17.1 Å². The van der Waals surface area contributed by atoms with Gasteiger partial charge in [-0.15, -0.1) is 0 Å². The van der Waals surface area contributed by atoms with Crippen LogP contribution in [-0.2, 0) is 0 Å². The van der Waals surface area contributed by atoms with Crippen molar-refractivity contribution >= 4 is 5.69 Å². The number of nitrogens with one attached hydrogen (secondary N) is 2. The van der Waals surface area contributed by atoms with E-state index in [1.54, 1.807) is 6.07 Å². The Kier molecular flexibility index (Phi) is 2.33. The number of benzene rings is 1. The average molecular weight is 191 g/mol. The largest absolute Gasteiger partial charge is 0.380 e. The summed E-state index contributed by atoms with van der Waals surface area (Å²) in [5, 5.41) is 14.9. The van der Waals surface area contributed by atoms with Crippen molar-refractivity contribution in [3.8, 4) is 6.07 Å². The SMILES string of the molecule is N#Cc1cc(NC2CNC2)ccc1F. The summed E-state index contributed by atoms with van der Waals surface area (Å²) in [5.41, 5.74) is 0.886. The Morgan fingerprint density at radius 2 is 2.29 bits per heavy atom. The van der Waals surface area contributed by atoms with Crippen molar-refractivity contribution in [1.82, 2.24) is 5.32 Å². The minimum absolute atomic E-state index is 0.0854. The molecule has 0 amide bonds. The highest BCUT2D eigenvalue weighted by atomic mass is 19.1. The summed E-state index contributed by atoms with van der Waals surface area (Å²) >= 11 is 0. The normalized spacial score (nSPS) is 15.7. The Balaban J connectivity index is 2.14. The zero-order valence-electron chi connectivity index (χ0n) is 7.55. The lowest BCUT2D eigenvalue weighted by Crippen LogP contribution is -2.51. The second-order valence-corrected chi connectivity index (χ2v) is 3.31. The van der Waals surface area contributed by atoms with Crippen LogP contribution in [0.25, 0.3) is 0 Å². The number of hydrogen-bond acceptors (Lipinski definition) is 3. The van der Waals surface area contributed by atoms with Gasteiger partial charge in [0.05, 0.1) is 11.6 Å². The van der Waals surface area contributed by atoms with Gasteiger partial charge in [-0.1, -0.05) is 0 Å². The van der Waals surface area contributed by atoms with Gasteiger partial charge in [0.2, 0.25) is 0 Å². The van der Waals surface area contributed by atoms with Gasteiger partial charge in [0, 0.05) is 18.8 Å². The first kappa shape index (κ1) is 8.97. The van der Waals surface area contributed by atoms with Crippen LogP contribution in [0.4, 0.5) is 10.1 Å². The summed E-state index contributed by atoms with van der Waals surface area (Å²) in [7, 11) is 0. The summed E-state index contributed by atoms with van der Waals surface area (Å²) in [6.45, 7) is 1.83. The molecule has 0 unspecified atom stereocenters. The highest BCUT2D eigenvalue weighted by Gasteiger charge is 2.16. The van der Waals surface area contributed by atoms with E-state index in [9.17, 15) is 4.39 Å². The van der Waals surface area contributed by atoms with Gasteiger partial charge in [0.15, 0.2) is 0 Å². The molecule has 0 radical (unpaired) electrons. The number of nitriles is 1. The van der Waals surface area contributed by atoms with E-state index in [1.807, 2.05) is 6.07 Å². The Labute approximate surface area is 81.5 Å². The maximum Gasteiger partial charge on any atom is 0.141 e. The fourth-order valence-electron chi connectivity index (χ4n) is 1.33. The molecule has 2 rings (SSSR count). The van der Waals surface area contributed by atoms with Crippen LogP contribution < -0.4 is 10.6 Å². The summed E-state index contributed by atoms with van der Waals surface area (Å²) in [5.74, 6) is -0.468. The molecule has 1 aromatic carbocycles. The summed E-state index contributed by atoms with van der Waals surface area (Å²) in [4.78, 5) is 0. The Hall–Kier alpha value is -1.60. The lowest BCUT2D eigenvalue weighted by molar-refractivity contribution is 0.472. The van der Waals surface area contributed by atoms with Gasteiger partial charge in [-0.3, -0.25) is 0 Å². The molecule has 2 N–H and O–H groups in total. The van der Waals surface area contributed by atoms with Gasteiger partial charge in [-0.2, -0.15) is 5.26 Å². The van der Waals surface area contributed by atoms with E-state index in [0.717, 1.165) is 18.8 Å². The molecule has 1 fully saturated rings. The maximum atomic E-state index is 12.9. The fourth-order valence-corrected chi connectivity index (χ4v) is 1.33. The number of rotatable bonds is 2. The van der Waals surface area contributed by atoms with Crippen LogP contribution in [0.15, 0.2) is 18.2 Å². The van der Waals surface area contributed by atoms with Crippen molar-refractivity contribution in [2.45, 2.75) is 6.04 Å². The Morgan fingerprint density at radius 1 is 1.50 bits per heavy atom. The first-order chi connectivity index (χ1) is 6.79. The number of hydrogen-bond donors (Lipinski definition) is 2. The molecular weight excluding hydrogens is 181 g/mol. The second-order valence-electron chi connectivity index (χ2n) is 3.31. The predicted molar refractivity (Wildman–Crippen MR) is 51.4 cm³/mol. The molecule has 14 heavy (non-hydrogen) atoms. The third-order valence-electron chi connectivity index (χ3n) is 2.24. The molecule has 0 saturated carbocycles. The van der Waals surface area contributed by atoms with Gasteiger partial charge in [-0.05, 0) is 18.2 Å². The standard InChI is InChI=1S/C10H10FN3/c11-10-2-1-8(3-7(10)4-12)14-9-5-13-6-9/h1-3,9,13-14H,5-6H2. The molecule has 0 atom stereocenters. The molecule has 1 aromatic rings. The molecule has 0 spiro atoms. The van der Waals surface area contributed by atoms with Crippen molar-refractivity contribution in [1.29, 1.82) is 5.26 Å². The quantitative estimate of drug-likeness (QED) is 0.735. The van der Waals surface area contributed by atoms with Gasteiger partial charge in [0.25, 0.3) is 0 Å². The first-order valence-corrected chi connectivity index (χ1v) is 4.46. The summed E-state index contributed by atoms with van der Waals surface area (Å²) in [6, 6.07) is 6.70. The van der Waals surface area contributed by atoms with E-state index in [1.165, 1.54) is 12.1 Å². The molecule has 1 aliphatic rings. The van der Waals surface area contributed by atoms with Gasteiger partial charge in [0.1, 0.15) is 11.9 Å². The molecule has 72 valence electrons. The molecule has 3 nitrogen and oxygen atoms in total. The topological polar surface area (TPSA) is 47.9 Å². The molecule has 0 aromatic heterocycles. The minimum atomic E-state index is -0.468. The Morgan fingerprint density at radius 3 is 2.86 bits per heavy atom. The molecule has 1 saturated heterocycles. The lowest BCUT2D eigenvalue weighted by atomic mass is 10.1. The average Bonchev–Trinajstić information content (AvgIpc) is 2.14.